The molecule has 0 aromatic heterocycles. The lowest BCUT2D eigenvalue weighted by atomic mass is 10.0. The fourth-order valence-electron chi connectivity index (χ4n) is 1.48. The van der Waals surface area contributed by atoms with Crippen LogP contribution in [0.4, 0.5) is 5.69 Å². The molecule has 13 heavy (non-hydrogen) atoms. The van der Waals surface area contributed by atoms with E-state index >= 15 is 0 Å². The zero-order valence-electron chi connectivity index (χ0n) is 6.63. The molecule has 0 amide bonds. The monoisotopic (exact) mass is 215 g/mol. The third-order valence-electron chi connectivity index (χ3n) is 2.13. The Balaban J connectivity index is 2.48. The first kappa shape index (κ1) is 8.85. The molecule has 2 unspecified atom stereocenters. The second-order valence-electron chi connectivity index (χ2n) is 2.94. The van der Waals surface area contributed by atoms with Crippen molar-refractivity contribution >= 4 is 35.2 Å². The summed E-state index contributed by atoms with van der Waals surface area (Å²) >= 11 is 11.7. The number of halogens is 2. The quantitative estimate of drug-likeness (QED) is 0.444. The van der Waals surface area contributed by atoms with Gasteiger partial charge < -0.3 is 10.1 Å². The highest BCUT2D eigenvalue weighted by molar-refractivity contribution is 6.31. The minimum Gasteiger partial charge on any atom is -0.368 e. The van der Waals surface area contributed by atoms with Crippen molar-refractivity contribution in [3.05, 3.63) is 28.8 Å². The zero-order valence-corrected chi connectivity index (χ0v) is 8.14. The van der Waals surface area contributed by atoms with Crippen molar-refractivity contribution < 1.29 is 4.79 Å². The molecule has 2 rings (SSSR count). The molecule has 1 N–H and O–H groups in total. The standard InChI is InChI=1S/C9H7Cl2NO/c10-5-1-2-6-7(4-13)9(11)12-8(6)3-5/h1-4,7,9,12H. The lowest BCUT2D eigenvalue weighted by Crippen LogP contribution is -2.13. The fraction of sp³-hybridized carbons (Fsp3) is 0.222. The maximum Gasteiger partial charge on any atom is 0.130 e. The fourth-order valence-corrected chi connectivity index (χ4v) is 1.97. The van der Waals surface area contributed by atoms with E-state index in [2.05, 4.69) is 5.32 Å². The minimum atomic E-state index is -0.356. The first-order chi connectivity index (χ1) is 6.22. The van der Waals surface area contributed by atoms with E-state index in [1.165, 1.54) is 0 Å². The number of carbonyl (C=O) groups is 1. The third kappa shape index (κ3) is 1.40. The van der Waals surface area contributed by atoms with Crippen LogP contribution in [0, 0.1) is 0 Å². The van der Waals surface area contributed by atoms with Gasteiger partial charge in [0.2, 0.25) is 0 Å². The van der Waals surface area contributed by atoms with Crippen LogP contribution in [0.1, 0.15) is 11.5 Å². The van der Waals surface area contributed by atoms with Gasteiger partial charge in [0.1, 0.15) is 11.8 Å². The molecule has 0 radical (unpaired) electrons. The molecule has 0 fully saturated rings. The predicted octanol–water partition coefficient (Wildman–Crippen LogP) is 2.61. The molecule has 2 atom stereocenters. The van der Waals surface area contributed by atoms with E-state index in [1.54, 1.807) is 12.1 Å². The summed E-state index contributed by atoms with van der Waals surface area (Å²) in [6.45, 7) is 0. The SMILES string of the molecule is O=CC1c2ccc(Cl)cc2NC1Cl. The predicted molar refractivity (Wildman–Crippen MR) is 53.5 cm³/mol. The molecule has 68 valence electrons. The first-order valence-electron chi connectivity index (χ1n) is 3.87. The molecule has 4 heteroatoms. The molecule has 0 aliphatic carbocycles. The van der Waals surface area contributed by atoms with Crippen LogP contribution in [-0.2, 0) is 4.79 Å². The van der Waals surface area contributed by atoms with Crippen LogP contribution in [0.2, 0.25) is 5.02 Å². The van der Waals surface area contributed by atoms with Crippen molar-refractivity contribution in [1.82, 2.24) is 0 Å². The van der Waals surface area contributed by atoms with Crippen molar-refractivity contribution in [3.8, 4) is 0 Å². The number of rotatable bonds is 1. The second-order valence-corrected chi connectivity index (χ2v) is 3.85. The van der Waals surface area contributed by atoms with Crippen LogP contribution >= 0.6 is 23.2 Å². The van der Waals surface area contributed by atoms with Crippen LogP contribution in [0.25, 0.3) is 0 Å². The van der Waals surface area contributed by atoms with Crippen molar-refractivity contribution in [2.24, 2.45) is 0 Å². The van der Waals surface area contributed by atoms with Gasteiger partial charge in [-0.2, -0.15) is 0 Å². The number of benzene rings is 1. The Morgan fingerprint density at radius 1 is 1.46 bits per heavy atom. The van der Waals surface area contributed by atoms with Gasteiger partial charge in [-0.15, -0.1) is 0 Å². The van der Waals surface area contributed by atoms with Crippen LogP contribution in [0.15, 0.2) is 18.2 Å². The van der Waals surface area contributed by atoms with E-state index in [0.717, 1.165) is 17.5 Å². The molecule has 2 nitrogen and oxygen atoms in total. The van der Waals surface area contributed by atoms with Gasteiger partial charge in [0, 0.05) is 10.7 Å². The highest BCUT2D eigenvalue weighted by Crippen LogP contribution is 2.37. The van der Waals surface area contributed by atoms with Crippen LogP contribution in [0.3, 0.4) is 0 Å². The summed E-state index contributed by atoms with van der Waals surface area (Å²) in [6, 6.07) is 5.36. The van der Waals surface area contributed by atoms with Crippen LogP contribution in [0.5, 0.6) is 0 Å². The third-order valence-corrected chi connectivity index (χ3v) is 2.75. The molecule has 0 saturated heterocycles. The Bertz CT molecular complexity index is 353. The number of anilines is 1. The molecule has 1 heterocycles. The van der Waals surface area contributed by atoms with Gasteiger partial charge in [0.15, 0.2) is 0 Å². The van der Waals surface area contributed by atoms with Crippen molar-refractivity contribution in [1.29, 1.82) is 0 Å². The summed E-state index contributed by atoms with van der Waals surface area (Å²) in [6.07, 6.45) is 0.852. The summed E-state index contributed by atoms with van der Waals surface area (Å²) in [5.41, 5.74) is 1.41. The van der Waals surface area contributed by atoms with Crippen molar-refractivity contribution in [2.45, 2.75) is 11.4 Å². The van der Waals surface area contributed by atoms with Crippen LogP contribution in [-0.4, -0.2) is 11.8 Å². The molecule has 1 aliphatic rings. The first-order valence-corrected chi connectivity index (χ1v) is 4.69. The molecule has 1 aliphatic heterocycles. The van der Waals surface area contributed by atoms with Crippen molar-refractivity contribution in [2.75, 3.05) is 5.32 Å². The number of carbonyl (C=O) groups excluding carboxylic acids is 1. The largest absolute Gasteiger partial charge is 0.368 e. The number of hydrogen-bond donors (Lipinski definition) is 1. The van der Waals surface area contributed by atoms with E-state index < -0.39 is 0 Å². The summed E-state index contributed by atoms with van der Waals surface area (Å²) in [5.74, 6) is -0.270. The Hall–Kier alpha value is -0.730. The van der Waals surface area contributed by atoms with Gasteiger partial charge >= 0.3 is 0 Å². The van der Waals surface area contributed by atoms with Gasteiger partial charge in [-0.1, -0.05) is 29.3 Å². The van der Waals surface area contributed by atoms with Gasteiger partial charge in [-0.05, 0) is 17.7 Å². The molecule has 0 saturated carbocycles. The summed E-state index contributed by atoms with van der Waals surface area (Å²) in [7, 11) is 0. The van der Waals surface area contributed by atoms with Gasteiger partial charge in [-0.25, -0.2) is 0 Å². The maximum absolute atomic E-state index is 10.7. The molecule has 1 aromatic carbocycles. The van der Waals surface area contributed by atoms with Gasteiger partial charge in [-0.3, -0.25) is 0 Å². The number of aldehydes is 1. The highest BCUT2D eigenvalue weighted by Gasteiger charge is 2.30. The lowest BCUT2D eigenvalue weighted by molar-refractivity contribution is -0.108. The number of fused-ring (bicyclic) bond motifs is 1. The normalized spacial score (nSPS) is 25.1. The average Bonchev–Trinajstić information content (AvgIpc) is 2.39. The Morgan fingerprint density at radius 2 is 2.23 bits per heavy atom. The Labute approximate surface area is 85.8 Å². The Morgan fingerprint density at radius 3 is 2.92 bits per heavy atom. The summed E-state index contributed by atoms with van der Waals surface area (Å²) < 4.78 is 0. The lowest BCUT2D eigenvalue weighted by Gasteiger charge is -2.04. The van der Waals surface area contributed by atoms with Crippen LogP contribution < -0.4 is 5.32 Å². The van der Waals surface area contributed by atoms with Gasteiger partial charge in [0.25, 0.3) is 0 Å². The minimum absolute atomic E-state index is 0.270. The average molecular weight is 216 g/mol. The van der Waals surface area contributed by atoms with Gasteiger partial charge in [0.05, 0.1) is 5.92 Å². The molecule has 0 spiro atoms. The number of alkyl halides is 1. The second kappa shape index (κ2) is 3.20. The van der Waals surface area contributed by atoms with E-state index in [9.17, 15) is 4.79 Å². The van der Waals surface area contributed by atoms with E-state index in [-0.39, 0.29) is 11.4 Å². The molecular formula is C9H7Cl2NO. The topological polar surface area (TPSA) is 29.1 Å². The smallest absolute Gasteiger partial charge is 0.130 e. The summed E-state index contributed by atoms with van der Waals surface area (Å²) in [4.78, 5) is 10.7. The van der Waals surface area contributed by atoms with E-state index in [0.29, 0.717) is 5.02 Å². The number of hydrogen-bond acceptors (Lipinski definition) is 2. The Kier molecular flexibility index (Phi) is 2.18. The summed E-state index contributed by atoms with van der Waals surface area (Å²) in [5, 5.41) is 3.63. The maximum atomic E-state index is 10.7. The van der Waals surface area contributed by atoms with E-state index in [4.69, 9.17) is 23.2 Å². The van der Waals surface area contributed by atoms with Crippen molar-refractivity contribution in [3.63, 3.8) is 0 Å². The number of nitrogens with one attached hydrogen (secondary N) is 1. The molecule has 0 bridgehead atoms. The van der Waals surface area contributed by atoms with E-state index in [1.807, 2.05) is 6.07 Å². The highest BCUT2D eigenvalue weighted by atomic mass is 35.5. The molecular weight excluding hydrogens is 209 g/mol. The zero-order chi connectivity index (χ0) is 9.42. The molecule has 1 aromatic rings.